The van der Waals surface area contributed by atoms with Crippen molar-refractivity contribution >= 4 is 22.6 Å². The smallest absolute Gasteiger partial charge is 0.344 e. The third-order valence-corrected chi connectivity index (χ3v) is 3.68. The van der Waals surface area contributed by atoms with Crippen LogP contribution in [0.3, 0.4) is 0 Å². The zero-order valence-electron chi connectivity index (χ0n) is 14.7. The van der Waals surface area contributed by atoms with Crippen LogP contribution in [0.25, 0.3) is 16.6 Å². The van der Waals surface area contributed by atoms with Gasteiger partial charge in [-0.2, -0.15) is 0 Å². The zero-order chi connectivity index (χ0) is 19.1. The molecule has 0 spiro atoms. The molecule has 0 fully saturated rings. The van der Waals surface area contributed by atoms with Gasteiger partial charge in [0.2, 0.25) is 0 Å². The number of carbonyl (C=O) groups excluding carboxylic acids is 1. The van der Waals surface area contributed by atoms with E-state index >= 15 is 0 Å². The molecule has 134 valence electrons. The van der Waals surface area contributed by atoms with E-state index in [1.165, 1.54) is 18.3 Å². The highest BCUT2D eigenvalue weighted by Gasteiger charge is 2.18. The Morgan fingerprint density at radius 1 is 1.15 bits per heavy atom. The van der Waals surface area contributed by atoms with Gasteiger partial charge in [-0.3, -0.25) is 9.78 Å². The molecule has 2 heterocycles. The molecule has 3 rings (SSSR count). The molecule has 3 N–H and O–H groups in total. The normalized spacial score (nSPS) is 11.5. The molecule has 0 aliphatic carbocycles. The summed E-state index contributed by atoms with van der Waals surface area (Å²) in [6.45, 7) is 5.92. The van der Waals surface area contributed by atoms with Crippen molar-refractivity contribution < 1.29 is 4.79 Å². The van der Waals surface area contributed by atoms with E-state index < -0.39 is 17.3 Å². The van der Waals surface area contributed by atoms with Crippen LogP contribution < -0.4 is 22.3 Å². The number of amides is 1. The number of anilines is 1. The van der Waals surface area contributed by atoms with Crippen LogP contribution in [-0.2, 0) is 0 Å². The third kappa shape index (κ3) is 3.08. The summed E-state index contributed by atoms with van der Waals surface area (Å²) in [6, 6.07) is 6.99. The van der Waals surface area contributed by atoms with Crippen LogP contribution in [-0.4, -0.2) is 25.7 Å². The molecule has 0 aliphatic heterocycles. The number of pyridine rings is 1. The molecule has 0 bridgehead atoms. The van der Waals surface area contributed by atoms with Crippen molar-refractivity contribution in [1.82, 2.24) is 14.1 Å². The monoisotopic (exact) mass is 353 g/mol. The molecule has 8 nitrogen and oxygen atoms in total. The van der Waals surface area contributed by atoms with Crippen molar-refractivity contribution in [3.8, 4) is 5.69 Å². The summed E-state index contributed by atoms with van der Waals surface area (Å²) < 4.78 is 1.68. The molecule has 0 atom stereocenters. The van der Waals surface area contributed by atoms with E-state index in [0.717, 1.165) is 9.13 Å². The largest absolute Gasteiger partial charge is 0.379 e. The quantitative estimate of drug-likeness (QED) is 0.728. The topological polar surface area (TPSA) is 112 Å². The third-order valence-electron chi connectivity index (χ3n) is 3.68. The summed E-state index contributed by atoms with van der Waals surface area (Å²) in [5.74, 6) is 0. The first-order valence-electron chi connectivity index (χ1n) is 7.99. The van der Waals surface area contributed by atoms with Crippen LogP contribution in [0.4, 0.5) is 10.5 Å². The van der Waals surface area contributed by atoms with Gasteiger partial charge in [-0.05, 0) is 39.0 Å². The van der Waals surface area contributed by atoms with E-state index in [2.05, 4.69) is 10.3 Å². The summed E-state index contributed by atoms with van der Waals surface area (Å²) in [7, 11) is 0. The number of para-hydroxylation sites is 1. The number of nitrogens with zero attached hydrogens (tertiary/aromatic N) is 3. The molecular formula is C18H19N5O3. The number of nitrogens with one attached hydrogen (secondary N) is 1. The summed E-state index contributed by atoms with van der Waals surface area (Å²) in [4.78, 5) is 41.6. The molecule has 2 aromatic heterocycles. The second-order valence-corrected chi connectivity index (χ2v) is 6.92. The molecule has 0 saturated heterocycles. The Kier molecular flexibility index (Phi) is 4.11. The fourth-order valence-corrected chi connectivity index (χ4v) is 2.75. The number of carbonyl (C=O) groups is 1. The maximum atomic E-state index is 12.9. The van der Waals surface area contributed by atoms with Crippen LogP contribution in [0, 0.1) is 0 Å². The van der Waals surface area contributed by atoms with Crippen molar-refractivity contribution in [2.24, 2.45) is 5.73 Å². The zero-order valence-corrected chi connectivity index (χ0v) is 14.7. The number of aromatic nitrogens is 3. The average molecular weight is 353 g/mol. The second kappa shape index (κ2) is 6.14. The lowest BCUT2D eigenvalue weighted by molar-refractivity contribution is 0.250. The van der Waals surface area contributed by atoms with Gasteiger partial charge in [-0.25, -0.2) is 18.7 Å². The summed E-state index contributed by atoms with van der Waals surface area (Å²) >= 11 is 0. The molecule has 1 amide bonds. The van der Waals surface area contributed by atoms with Gasteiger partial charge in [-0.15, -0.1) is 0 Å². The van der Waals surface area contributed by atoms with Gasteiger partial charge in [0.05, 0.1) is 34.7 Å². The highest BCUT2D eigenvalue weighted by molar-refractivity contribution is 5.89. The van der Waals surface area contributed by atoms with Gasteiger partial charge in [0.25, 0.3) is 5.56 Å². The van der Waals surface area contributed by atoms with Crippen molar-refractivity contribution in [1.29, 1.82) is 0 Å². The number of rotatable bonds is 2. The minimum Gasteiger partial charge on any atom is -0.379 e. The van der Waals surface area contributed by atoms with E-state index in [1.54, 1.807) is 24.4 Å². The average Bonchev–Trinajstić information content (AvgIpc) is 2.53. The minimum atomic E-state index is -0.961. The number of hydrogen-bond donors (Lipinski definition) is 2. The number of nitrogens with two attached hydrogens (primary N) is 1. The van der Waals surface area contributed by atoms with E-state index in [9.17, 15) is 14.4 Å². The lowest BCUT2D eigenvalue weighted by Crippen LogP contribution is -2.43. The van der Waals surface area contributed by atoms with Crippen molar-refractivity contribution in [3.05, 3.63) is 63.6 Å². The van der Waals surface area contributed by atoms with Gasteiger partial charge in [0.15, 0.2) is 0 Å². The molecule has 0 unspecified atom stereocenters. The summed E-state index contributed by atoms with van der Waals surface area (Å²) in [5.41, 5.74) is 4.81. The molecule has 1 aromatic carbocycles. The first-order valence-corrected chi connectivity index (χ1v) is 7.99. The first kappa shape index (κ1) is 17.4. The predicted molar refractivity (Wildman–Crippen MR) is 100.0 cm³/mol. The number of fused-ring (bicyclic) bond motifs is 1. The van der Waals surface area contributed by atoms with Crippen LogP contribution in [0.2, 0.25) is 0 Å². The van der Waals surface area contributed by atoms with Crippen molar-refractivity contribution in [2.45, 2.75) is 26.3 Å². The summed E-state index contributed by atoms with van der Waals surface area (Å²) in [5, 5.41) is 3.43. The van der Waals surface area contributed by atoms with E-state index in [1.807, 2.05) is 20.8 Å². The van der Waals surface area contributed by atoms with Crippen LogP contribution >= 0.6 is 0 Å². The fourth-order valence-electron chi connectivity index (χ4n) is 2.75. The van der Waals surface area contributed by atoms with Crippen molar-refractivity contribution in [3.63, 3.8) is 0 Å². The molecule has 0 aliphatic rings. The number of hydrogen-bond acceptors (Lipinski definition) is 5. The van der Waals surface area contributed by atoms with Crippen LogP contribution in [0.5, 0.6) is 0 Å². The molecule has 26 heavy (non-hydrogen) atoms. The lowest BCUT2D eigenvalue weighted by atomic mass is 10.1. The molecule has 8 heteroatoms. The Balaban J connectivity index is 2.33. The number of benzene rings is 1. The summed E-state index contributed by atoms with van der Waals surface area (Å²) in [6.07, 6.45) is 2.98. The first-order chi connectivity index (χ1) is 12.2. The Morgan fingerprint density at radius 2 is 1.85 bits per heavy atom. The van der Waals surface area contributed by atoms with E-state index in [4.69, 9.17) is 5.73 Å². The van der Waals surface area contributed by atoms with Crippen LogP contribution in [0.15, 0.2) is 52.3 Å². The Labute approximate surface area is 148 Å². The van der Waals surface area contributed by atoms with E-state index in [0.29, 0.717) is 5.69 Å². The van der Waals surface area contributed by atoms with Gasteiger partial charge < -0.3 is 11.1 Å². The molecule has 3 aromatic rings. The molecule has 0 saturated carbocycles. The van der Waals surface area contributed by atoms with Gasteiger partial charge in [0, 0.05) is 5.54 Å². The Hall–Kier alpha value is -3.42. The Bertz CT molecular complexity index is 1120. The standard InChI is InChI=1S/C18H19N5O3/c1-18(2,3)21-11-8-12(10-20-9-11)22-15(24)13-6-4-5-7-14(13)23(16(19)25)17(22)26/h4-10,21H,1-3H3,(H2,19,25). The highest BCUT2D eigenvalue weighted by Crippen LogP contribution is 2.16. The highest BCUT2D eigenvalue weighted by atomic mass is 16.2. The molecule has 0 radical (unpaired) electrons. The fraction of sp³-hybridized carbons (Fsp3) is 0.222. The van der Waals surface area contributed by atoms with Gasteiger partial charge in [-0.1, -0.05) is 12.1 Å². The number of primary amides is 1. The maximum absolute atomic E-state index is 12.9. The maximum Gasteiger partial charge on any atom is 0.344 e. The molecular weight excluding hydrogens is 334 g/mol. The van der Waals surface area contributed by atoms with Crippen LogP contribution in [0.1, 0.15) is 20.8 Å². The Morgan fingerprint density at radius 3 is 2.50 bits per heavy atom. The predicted octanol–water partition coefficient (Wildman–Crippen LogP) is 1.68. The van der Waals surface area contributed by atoms with E-state index in [-0.39, 0.29) is 22.1 Å². The van der Waals surface area contributed by atoms with Crippen molar-refractivity contribution in [2.75, 3.05) is 5.32 Å². The minimum absolute atomic E-state index is 0.170. The van der Waals surface area contributed by atoms with Gasteiger partial charge in [0.1, 0.15) is 0 Å². The SMILES string of the molecule is CC(C)(C)Nc1cncc(-n2c(=O)c3ccccc3n(C(N)=O)c2=O)c1. The second-order valence-electron chi connectivity index (χ2n) is 6.92. The van der Waals surface area contributed by atoms with Gasteiger partial charge >= 0.3 is 11.7 Å². The lowest BCUT2D eigenvalue weighted by Gasteiger charge is -2.22.